The van der Waals surface area contributed by atoms with Crippen LogP contribution in [0.1, 0.15) is 5.56 Å². The molecule has 2 aromatic carbocycles. The molecule has 78 valence electrons. The highest BCUT2D eigenvalue weighted by Crippen LogP contribution is 2.20. The van der Waals surface area contributed by atoms with Crippen LogP contribution in [-0.4, -0.2) is 5.71 Å². The number of nitrogens with one attached hydrogen (secondary N) is 1. The van der Waals surface area contributed by atoms with Crippen LogP contribution in [0.15, 0.2) is 67.3 Å². The summed E-state index contributed by atoms with van der Waals surface area (Å²) in [5, 5.41) is 7.72. The minimum atomic E-state index is 0.456. The van der Waals surface area contributed by atoms with E-state index in [9.17, 15) is 0 Å². The van der Waals surface area contributed by atoms with Crippen LogP contribution in [0.2, 0.25) is 0 Å². The second-order valence-electron chi connectivity index (χ2n) is 3.56. The highest BCUT2D eigenvalue weighted by molar-refractivity contribution is 6.06. The smallest absolute Gasteiger partial charge is 0.0606 e. The molecule has 0 amide bonds. The maximum Gasteiger partial charge on any atom is 0.0606 e. The molecule has 0 heterocycles. The van der Waals surface area contributed by atoms with Gasteiger partial charge in [-0.15, -0.1) is 0 Å². The predicted molar refractivity (Wildman–Crippen MR) is 68.9 cm³/mol. The van der Waals surface area contributed by atoms with E-state index in [4.69, 9.17) is 5.41 Å². The van der Waals surface area contributed by atoms with Gasteiger partial charge in [-0.3, -0.25) is 0 Å². The number of hydrogen-bond acceptors (Lipinski definition) is 1. The maximum absolute atomic E-state index is 7.72. The quantitative estimate of drug-likeness (QED) is 0.738. The summed E-state index contributed by atoms with van der Waals surface area (Å²) >= 11 is 0. The monoisotopic (exact) mass is 207 g/mol. The van der Waals surface area contributed by atoms with Gasteiger partial charge in [-0.2, -0.15) is 0 Å². The van der Waals surface area contributed by atoms with E-state index in [1.807, 2.05) is 36.4 Å². The Hall–Kier alpha value is -2.15. The fraction of sp³-hybridized carbons (Fsp3) is 0. The molecule has 0 bridgehead atoms. The first-order valence-corrected chi connectivity index (χ1v) is 5.18. The second kappa shape index (κ2) is 4.58. The van der Waals surface area contributed by atoms with E-state index in [2.05, 4.69) is 24.8 Å². The lowest BCUT2D eigenvalue weighted by molar-refractivity contribution is 1.49. The summed E-state index contributed by atoms with van der Waals surface area (Å²) in [5.41, 5.74) is 3.65. The molecule has 0 aromatic heterocycles. The Bertz CT molecular complexity index is 512. The summed E-state index contributed by atoms with van der Waals surface area (Å²) in [6.07, 6.45) is 1.56. The van der Waals surface area contributed by atoms with Crippen molar-refractivity contribution in [2.45, 2.75) is 0 Å². The Morgan fingerprint density at radius 2 is 1.62 bits per heavy atom. The molecule has 1 heteroatoms. The van der Waals surface area contributed by atoms with Gasteiger partial charge in [-0.25, -0.2) is 0 Å². The van der Waals surface area contributed by atoms with Crippen LogP contribution in [0.4, 0.5) is 0 Å². The fourth-order valence-electron chi connectivity index (χ4n) is 1.61. The van der Waals surface area contributed by atoms with E-state index in [0.29, 0.717) is 5.71 Å². The van der Waals surface area contributed by atoms with E-state index < -0.39 is 0 Å². The lowest BCUT2D eigenvalue weighted by Crippen LogP contribution is -1.93. The van der Waals surface area contributed by atoms with Gasteiger partial charge in [0.05, 0.1) is 5.71 Å². The van der Waals surface area contributed by atoms with E-state index in [0.717, 1.165) is 11.1 Å². The van der Waals surface area contributed by atoms with E-state index >= 15 is 0 Å². The average molecular weight is 207 g/mol. The molecule has 0 atom stereocenters. The lowest BCUT2D eigenvalue weighted by atomic mass is 10.0. The minimum absolute atomic E-state index is 0.456. The highest BCUT2D eigenvalue weighted by Gasteiger charge is 2.00. The first-order valence-electron chi connectivity index (χ1n) is 5.18. The van der Waals surface area contributed by atoms with Crippen LogP contribution >= 0.6 is 0 Å². The maximum atomic E-state index is 7.72. The van der Waals surface area contributed by atoms with Crippen molar-refractivity contribution in [1.29, 1.82) is 5.41 Å². The molecular formula is C15H13N. The van der Waals surface area contributed by atoms with Crippen molar-refractivity contribution < 1.29 is 0 Å². The van der Waals surface area contributed by atoms with Gasteiger partial charge in [0, 0.05) is 0 Å². The standard InChI is InChI=1S/C15H13N/c1-2-15(16)14-10-6-9-13(11-14)12-7-4-3-5-8-12/h2-11,16H,1H2. The largest absolute Gasteiger partial charge is 0.300 e. The van der Waals surface area contributed by atoms with Crippen molar-refractivity contribution in [2.24, 2.45) is 0 Å². The van der Waals surface area contributed by atoms with Crippen LogP contribution < -0.4 is 0 Å². The van der Waals surface area contributed by atoms with Gasteiger partial charge in [0.15, 0.2) is 0 Å². The van der Waals surface area contributed by atoms with Crippen molar-refractivity contribution in [3.8, 4) is 11.1 Å². The molecule has 0 aliphatic carbocycles. The van der Waals surface area contributed by atoms with E-state index in [1.54, 1.807) is 6.08 Å². The topological polar surface area (TPSA) is 23.9 Å². The van der Waals surface area contributed by atoms with Crippen molar-refractivity contribution in [2.75, 3.05) is 0 Å². The number of hydrogen-bond donors (Lipinski definition) is 1. The number of rotatable bonds is 3. The molecule has 0 saturated carbocycles. The summed E-state index contributed by atoms with van der Waals surface area (Å²) in [6, 6.07) is 18.1. The minimum Gasteiger partial charge on any atom is -0.300 e. The molecule has 0 unspecified atom stereocenters. The van der Waals surface area contributed by atoms with Gasteiger partial charge < -0.3 is 5.41 Å². The van der Waals surface area contributed by atoms with Crippen molar-refractivity contribution in [3.05, 3.63) is 72.8 Å². The molecular weight excluding hydrogens is 194 g/mol. The molecule has 16 heavy (non-hydrogen) atoms. The van der Waals surface area contributed by atoms with Crippen LogP contribution in [0.25, 0.3) is 11.1 Å². The third-order valence-corrected chi connectivity index (χ3v) is 2.48. The summed E-state index contributed by atoms with van der Waals surface area (Å²) < 4.78 is 0. The lowest BCUT2D eigenvalue weighted by Gasteiger charge is -2.04. The molecule has 0 radical (unpaired) electrons. The van der Waals surface area contributed by atoms with Gasteiger partial charge in [0.1, 0.15) is 0 Å². The number of allylic oxidation sites excluding steroid dienone is 1. The van der Waals surface area contributed by atoms with Gasteiger partial charge in [0.25, 0.3) is 0 Å². The summed E-state index contributed by atoms with van der Waals surface area (Å²) in [6.45, 7) is 3.61. The Kier molecular flexibility index (Phi) is 2.97. The van der Waals surface area contributed by atoms with Crippen molar-refractivity contribution >= 4 is 5.71 Å². The molecule has 2 rings (SSSR count). The Labute approximate surface area is 95.6 Å². The molecule has 0 saturated heterocycles. The first-order chi connectivity index (χ1) is 7.81. The fourth-order valence-corrected chi connectivity index (χ4v) is 1.61. The molecule has 0 fully saturated rings. The molecule has 1 nitrogen and oxygen atoms in total. The zero-order valence-corrected chi connectivity index (χ0v) is 8.98. The van der Waals surface area contributed by atoms with Crippen molar-refractivity contribution in [3.63, 3.8) is 0 Å². The SMILES string of the molecule is C=CC(=N)c1cccc(-c2ccccc2)c1. The normalized spacial score (nSPS) is 9.75. The van der Waals surface area contributed by atoms with Crippen LogP contribution in [-0.2, 0) is 0 Å². The molecule has 1 N–H and O–H groups in total. The molecule has 2 aromatic rings. The van der Waals surface area contributed by atoms with Gasteiger partial charge >= 0.3 is 0 Å². The summed E-state index contributed by atoms with van der Waals surface area (Å²) in [5.74, 6) is 0. The third-order valence-electron chi connectivity index (χ3n) is 2.48. The molecule has 0 aliphatic heterocycles. The Balaban J connectivity index is 2.44. The average Bonchev–Trinajstić information content (AvgIpc) is 2.39. The second-order valence-corrected chi connectivity index (χ2v) is 3.56. The summed E-state index contributed by atoms with van der Waals surface area (Å²) in [4.78, 5) is 0. The zero-order chi connectivity index (χ0) is 11.4. The van der Waals surface area contributed by atoms with Crippen molar-refractivity contribution in [1.82, 2.24) is 0 Å². The van der Waals surface area contributed by atoms with Gasteiger partial charge in [-0.1, -0.05) is 55.1 Å². The predicted octanol–water partition coefficient (Wildman–Crippen LogP) is 3.91. The Morgan fingerprint density at radius 1 is 0.938 bits per heavy atom. The Morgan fingerprint density at radius 3 is 2.31 bits per heavy atom. The first kappa shape index (κ1) is 10.4. The molecule has 0 aliphatic rings. The van der Waals surface area contributed by atoms with E-state index in [-0.39, 0.29) is 0 Å². The third kappa shape index (κ3) is 2.09. The highest BCUT2D eigenvalue weighted by atomic mass is 14.4. The van der Waals surface area contributed by atoms with Crippen LogP contribution in [0.5, 0.6) is 0 Å². The van der Waals surface area contributed by atoms with Gasteiger partial charge in [0.2, 0.25) is 0 Å². The van der Waals surface area contributed by atoms with Gasteiger partial charge in [-0.05, 0) is 28.8 Å². The zero-order valence-electron chi connectivity index (χ0n) is 8.98. The number of benzene rings is 2. The summed E-state index contributed by atoms with van der Waals surface area (Å²) in [7, 11) is 0. The molecule has 0 spiro atoms. The van der Waals surface area contributed by atoms with Crippen LogP contribution in [0.3, 0.4) is 0 Å². The van der Waals surface area contributed by atoms with E-state index in [1.165, 1.54) is 5.56 Å². The van der Waals surface area contributed by atoms with Crippen LogP contribution in [0, 0.1) is 5.41 Å².